The smallest absolute Gasteiger partial charge is 0.348 e. The third kappa shape index (κ3) is 4.80. The third-order valence-electron chi connectivity index (χ3n) is 2.51. The molecule has 1 aromatic heterocycles. The van der Waals surface area contributed by atoms with Crippen LogP contribution in [0.5, 0.6) is 5.75 Å². The molecular formula is C13H12BrNO5S2. The fourth-order valence-electron chi connectivity index (χ4n) is 1.51. The molecule has 1 aromatic carbocycles. The molecule has 6 nitrogen and oxygen atoms in total. The van der Waals surface area contributed by atoms with Crippen molar-refractivity contribution in [2.45, 2.75) is 4.90 Å². The maximum atomic E-state index is 11.7. The number of carbonyl (C=O) groups is 1. The molecule has 0 bridgehead atoms. The number of carbonyl (C=O) groups excluding carboxylic acids is 1. The number of rotatable bonds is 6. The Balaban J connectivity index is 1.78. The number of hydrogen-bond donors (Lipinski definition) is 1. The summed E-state index contributed by atoms with van der Waals surface area (Å²) in [7, 11) is -3.71. The number of sulfonamides is 1. The minimum Gasteiger partial charge on any atom is -0.490 e. The van der Waals surface area contributed by atoms with E-state index in [-0.39, 0.29) is 18.1 Å². The van der Waals surface area contributed by atoms with Gasteiger partial charge in [-0.2, -0.15) is 0 Å². The summed E-state index contributed by atoms with van der Waals surface area (Å²) in [5, 5.41) is 4.99. The standard InChI is InChI=1S/C13H12BrNO5S2/c14-12-6-5-11(21-12)13(16)20-8-7-19-9-1-3-10(4-2-9)22(15,17)18/h1-6H,7-8H2,(H2,15,17,18). The van der Waals surface area contributed by atoms with Crippen LogP contribution >= 0.6 is 27.3 Å². The molecule has 0 spiro atoms. The van der Waals surface area contributed by atoms with Crippen molar-refractivity contribution in [1.29, 1.82) is 0 Å². The van der Waals surface area contributed by atoms with Crippen LogP contribution in [0.15, 0.2) is 45.1 Å². The zero-order chi connectivity index (χ0) is 16.2. The first-order chi connectivity index (χ1) is 10.4. The van der Waals surface area contributed by atoms with E-state index in [4.69, 9.17) is 14.6 Å². The molecule has 9 heteroatoms. The van der Waals surface area contributed by atoms with Gasteiger partial charge >= 0.3 is 5.97 Å². The molecule has 0 saturated carbocycles. The summed E-state index contributed by atoms with van der Waals surface area (Å²) in [4.78, 5) is 12.2. The topological polar surface area (TPSA) is 95.7 Å². The Hall–Kier alpha value is -1.42. The van der Waals surface area contributed by atoms with E-state index in [2.05, 4.69) is 15.9 Å². The molecule has 0 aliphatic heterocycles. The van der Waals surface area contributed by atoms with Crippen molar-refractivity contribution in [3.63, 3.8) is 0 Å². The van der Waals surface area contributed by atoms with E-state index in [0.29, 0.717) is 10.6 Å². The SMILES string of the molecule is NS(=O)(=O)c1ccc(OCCOC(=O)c2ccc(Br)s2)cc1. The maximum absolute atomic E-state index is 11.7. The Labute approximate surface area is 140 Å². The second kappa shape index (κ2) is 7.23. The molecule has 0 saturated heterocycles. The summed E-state index contributed by atoms with van der Waals surface area (Å²) in [6.07, 6.45) is 0. The fraction of sp³-hybridized carbons (Fsp3) is 0.154. The van der Waals surface area contributed by atoms with Crippen LogP contribution in [-0.2, 0) is 14.8 Å². The van der Waals surface area contributed by atoms with Crippen molar-refractivity contribution < 1.29 is 22.7 Å². The van der Waals surface area contributed by atoms with Gasteiger partial charge in [0.2, 0.25) is 10.0 Å². The zero-order valence-corrected chi connectivity index (χ0v) is 14.4. The first kappa shape index (κ1) is 16.9. The summed E-state index contributed by atoms with van der Waals surface area (Å²) >= 11 is 4.55. The summed E-state index contributed by atoms with van der Waals surface area (Å²) in [5.74, 6) is 0.0474. The second-order valence-electron chi connectivity index (χ2n) is 4.10. The van der Waals surface area contributed by atoms with Gasteiger partial charge in [0.05, 0.1) is 8.68 Å². The van der Waals surface area contributed by atoms with Crippen LogP contribution in [0.25, 0.3) is 0 Å². The molecule has 0 aliphatic carbocycles. The van der Waals surface area contributed by atoms with Gasteiger partial charge in [0.1, 0.15) is 23.8 Å². The predicted molar refractivity (Wildman–Crippen MR) is 85.6 cm³/mol. The van der Waals surface area contributed by atoms with Crippen molar-refractivity contribution in [3.8, 4) is 5.75 Å². The van der Waals surface area contributed by atoms with E-state index in [9.17, 15) is 13.2 Å². The Morgan fingerprint density at radius 3 is 2.36 bits per heavy atom. The van der Waals surface area contributed by atoms with Gasteiger partial charge < -0.3 is 9.47 Å². The van der Waals surface area contributed by atoms with Crippen LogP contribution < -0.4 is 9.88 Å². The molecule has 0 unspecified atom stereocenters. The molecule has 0 amide bonds. The molecule has 2 aromatic rings. The molecular weight excluding hydrogens is 394 g/mol. The van der Waals surface area contributed by atoms with Crippen LogP contribution in [0.2, 0.25) is 0 Å². The average Bonchev–Trinajstić information content (AvgIpc) is 2.89. The monoisotopic (exact) mass is 405 g/mol. The summed E-state index contributed by atoms with van der Waals surface area (Å²) < 4.78 is 33.4. The first-order valence-corrected chi connectivity index (χ1v) is 9.20. The van der Waals surface area contributed by atoms with E-state index in [1.165, 1.54) is 35.6 Å². The highest BCUT2D eigenvalue weighted by atomic mass is 79.9. The lowest BCUT2D eigenvalue weighted by Crippen LogP contribution is -2.13. The van der Waals surface area contributed by atoms with Gasteiger partial charge in [-0.05, 0) is 52.3 Å². The molecule has 1 heterocycles. The molecule has 0 atom stereocenters. The molecule has 0 aliphatic rings. The van der Waals surface area contributed by atoms with E-state index in [1.54, 1.807) is 12.1 Å². The van der Waals surface area contributed by atoms with Crippen LogP contribution in [0, 0.1) is 0 Å². The largest absolute Gasteiger partial charge is 0.490 e. The van der Waals surface area contributed by atoms with Gasteiger partial charge in [-0.3, -0.25) is 0 Å². The van der Waals surface area contributed by atoms with Crippen molar-refractivity contribution >= 4 is 43.3 Å². The number of nitrogens with two attached hydrogens (primary N) is 1. The predicted octanol–water partition coefficient (Wildman–Crippen LogP) is 2.39. The van der Waals surface area contributed by atoms with Crippen molar-refractivity contribution in [3.05, 3.63) is 45.1 Å². The lowest BCUT2D eigenvalue weighted by atomic mass is 10.3. The lowest BCUT2D eigenvalue weighted by Gasteiger charge is -2.07. The zero-order valence-electron chi connectivity index (χ0n) is 11.2. The number of ether oxygens (including phenoxy) is 2. The quantitative estimate of drug-likeness (QED) is 0.587. The summed E-state index contributed by atoms with van der Waals surface area (Å²) in [6.45, 7) is 0.248. The number of esters is 1. The second-order valence-corrected chi connectivity index (χ2v) is 8.13. The van der Waals surface area contributed by atoms with Gasteiger partial charge in [0.25, 0.3) is 0 Å². The number of halogens is 1. The number of benzene rings is 1. The van der Waals surface area contributed by atoms with Crippen LogP contribution in [0.4, 0.5) is 0 Å². The maximum Gasteiger partial charge on any atom is 0.348 e. The fourth-order valence-corrected chi connectivity index (χ4v) is 3.31. The van der Waals surface area contributed by atoms with Gasteiger partial charge in [0.15, 0.2) is 0 Å². The first-order valence-electron chi connectivity index (χ1n) is 6.04. The molecule has 118 valence electrons. The number of hydrogen-bond acceptors (Lipinski definition) is 6. The van der Waals surface area contributed by atoms with Gasteiger partial charge in [0, 0.05) is 0 Å². The van der Waals surface area contributed by atoms with E-state index in [0.717, 1.165) is 3.79 Å². The Morgan fingerprint density at radius 1 is 1.14 bits per heavy atom. The molecule has 0 radical (unpaired) electrons. The Kier molecular flexibility index (Phi) is 5.57. The Bertz CT molecular complexity index is 755. The van der Waals surface area contributed by atoms with E-state index in [1.807, 2.05) is 0 Å². The molecule has 22 heavy (non-hydrogen) atoms. The van der Waals surface area contributed by atoms with Crippen molar-refractivity contribution in [2.75, 3.05) is 13.2 Å². The lowest BCUT2D eigenvalue weighted by molar-refractivity contribution is 0.0456. The molecule has 2 rings (SSSR count). The normalized spacial score (nSPS) is 11.2. The summed E-state index contributed by atoms with van der Waals surface area (Å²) in [6, 6.07) is 9.10. The third-order valence-corrected chi connectivity index (χ3v) is 5.04. The highest BCUT2D eigenvalue weighted by Crippen LogP contribution is 2.22. The van der Waals surface area contributed by atoms with E-state index < -0.39 is 16.0 Å². The number of thiophene rings is 1. The average molecular weight is 406 g/mol. The molecule has 0 fully saturated rings. The summed E-state index contributed by atoms with van der Waals surface area (Å²) in [5.41, 5.74) is 0. The van der Waals surface area contributed by atoms with Crippen LogP contribution in [0.1, 0.15) is 9.67 Å². The van der Waals surface area contributed by atoms with Gasteiger partial charge in [-0.25, -0.2) is 18.4 Å². The van der Waals surface area contributed by atoms with Gasteiger partial charge in [-0.1, -0.05) is 0 Å². The van der Waals surface area contributed by atoms with Crippen LogP contribution in [-0.4, -0.2) is 27.6 Å². The van der Waals surface area contributed by atoms with Gasteiger partial charge in [-0.15, -0.1) is 11.3 Å². The van der Waals surface area contributed by atoms with Crippen molar-refractivity contribution in [1.82, 2.24) is 0 Å². The minimum atomic E-state index is -3.71. The highest BCUT2D eigenvalue weighted by Gasteiger charge is 2.10. The van der Waals surface area contributed by atoms with E-state index >= 15 is 0 Å². The minimum absolute atomic E-state index is 0.00884. The van der Waals surface area contributed by atoms with Crippen LogP contribution in [0.3, 0.4) is 0 Å². The number of primary sulfonamides is 1. The Morgan fingerprint density at radius 2 is 1.82 bits per heavy atom. The molecule has 2 N–H and O–H groups in total. The highest BCUT2D eigenvalue weighted by molar-refractivity contribution is 9.11. The van der Waals surface area contributed by atoms with Crippen molar-refractivity contribution in [2.24, 2.45) is 5.14 Å².